The van der Waals surface area contributed by atoms with E-state index < -0.39 is 16.9 Å². The Balaban J connectivity index is 1.83. The van der Waals surface area contributed by atoms with Gasteiger partial charge in [0, 0.05) is 30.1 Å². The average molecular weight is 438 g/mol. The Morgan fingerprint density at radius 2 is 1.79 bits per heavy atom. The first-order valence-corrected chi connectivity index (χ1v) is 10.6. The van der Waals surface area contributed by atoms with E-state index in [-0.39, 0.29) is 22.8 Å². The zero-order chi connectivity index (χ0) is 23.5. The molecule has 164 valence electrons. The number of aryl methyl sites for hydroxylation is 2. The topological polar surface area (TPSA) is 101 Å². The van der Waals surface area contributed by atoms with E-state index in [1.807, 2.05) is 43.3 Å². The molecule has 0 bridgehead atoms. The van der Waals surface area contributed by atoms with Crippen LogP contribution in [0.4, 0.5) is 5.69 Å². The van der Waals surface area contributed by atoms with Crippen LogP contribution in [-0.4, -0.2) is 10.5 Å². The summed E-state index contributed by atoms with van der Waals surface area (Å²) in [6.07, 6.45) is 0. The van der Waals surface area contributed by atoms with E-state index in [0.29, 0.717) is 23.5 Å². The van der Waals surface area contributed by atoms with Crippen molar-refractivity contribution < 1.29 is 9.53 Å². The molecule has 0 radical (unpaired) electrons. The highest BCUT2D eigenvalue weighted by molar-refractivity contribution is 6.14. The van der Waals surface area contributed by atoms with Crippen molar-refractivity contribution in [2.24, 2.45) is 12.8 Å². The first kappa shape index (κ1) is 20.6. The van der Waals surface area contributed by atoms with Gasteiger partial charge in [-0.05, 0) is 25.5 Å². The first-order valence-electron chi connectivity index (χ1n) is 10.6. The number of carbonyl (C=O) groups excluding carboxylic acids is 1. The lowest BCUT2D eigenvalue weighted by molar-refractivity contribution is -0.121. The molecule has 1 unspecified atom stereocenters. The predicted molar refractivity (Wildman–Crippen MR) is 123 cm³/mol. The molecule has 1 aromatic heterocycles. The molecule has 2 aliphatic heterocycles. The van der Waals surface area contributed by atoms with Gasteiger partial charge in [0.05, 0.1) is 12.1 Å². The van der Waals surface area contributed by atoms with Gasteiger partial charge in [0.25, 0.3) is 5.56 Å². The standard InChI is InChI=1S/C26H22N4O3/c1-15-8-10-17(11-9-15)14-30-20-7-5-4-6-18(20)26(25(30)32)19(13-27)23(28)33-21-12-16(2)29(3)24(31)22(21)26/h4-12H,14,28H2,1-3H3. The summed E-state index contributed by atoms with van der Waals surface area (Å²) >= 11 is 0. The van der Waals surface area contributed by atoms with Crippen molar-refractivity contribution in [3.63, 3.8) is 0 Å². The van der Waals surface area contributed by atoms with Gasteiger partial charge < -0.3 is 19.9 Å². The fourth-order valence-electron chi connectivity index (χ4n) is 4.81. The normalized spacial score (nSPS) is 18.7. The summed E-state index contributed by atoms with van der Waals surface area (Å²) < 4.78 is 7.18. The van der Waals surface area contributed by atoms with Gasteiger partial charge >= 0.3 is 0 Å². The lowest BCUT2D eigenvalue weighted by atomic mass is 9.69. The highest BCUT2D eigenvalue weighted by atomic mass is 16.5. The highest BCUT2D eigenvalue weighted by Crippen LogP contribution is 2.54. The third kappa shape index (κ3) is 2.67. The molecule has 0 saturated heterocycles. The van der Waals surface area contributed by atoms with E-state index in [0.717, 1.165) is 11.1 Å². The second kappa shape index (κ2) is 7.10. The fraction of sp³-hybridized carbons (Fsp3) is 0.192. The van der Waals surface area contributed by atoms with Crippen LogP contribution >= 0.6 is 0 Å². The number of rotatable bonds is 2. The number of nitrogens with two attached hydrogens (primary N) is 1. The van der Waals surface area contributed by atoms with Crippen molar-refractivity contribution in [2.75, 3.05) is 4.90 Å². The molecule has 0 aliphatic carbocycles. The van der Waals surface area contributed by atoms with Crippen molar-refractivity contribution in [3.8, 4) is 11.8 Å². The summed E-state index contributed by atoms with van der Waals surface area (Å²) in [7, 11) is 1.63. The minimum absolute atomic E-state index is 0.0696. The number of hydrogen-bond acceptors (Lipinski definition) is 5. The number of amides is 1. The van der Waals surface area contributed by atoms with Crippen LogP contribution in [0.3, 0.4) is 0 Å². The van der Waals surface area contributed by atoms with E-state index in [9.17, 15) is 14.9 Å². The van der Waals surface area contributed by atoms with Crippen molar-refractivity contribution in [1.82, 2.24) is 4.57 Å². The van der Waals surface area contributed by atoms with Gasteiger partial charge in [0.1, 0.15) is 17.4 Å². The molecule has 0 saturated carbocycles. The van der Waals surface area contributed by atoms with Gasteiger partial charge in [-0.2, -0.15) is 5.26 Å². The lowest BCUT2D eigenvalue weighted by Gasteiger charge is -2.34. The number of ether oxygens (including phenoxy) is 1. The summed E-state index contributed by atoms with van der Waals surface area (Å²) in [5.74, 6) is -0.361. The van der Waals surface area contributed by atoms with E-state index in [2.05, 4.69) is 6.07 Å². The second-order valence-electron chi connectivity index (χ2n) is 8.49. The quantitative estimate of drug-likeness (QED) is 0.663. The molecule has 7 heteroatoms. The summed E-state index contributed by atoms with van der Waals surface area (Å²) in [6.45, 7) is 4.06. The molecule has 33 heavy (non-hydrogen) atoms. The largest absolute Gasteiger partial charge is 0.440 e. The Bertz CT molecular complexity index is 1460. The number of aromatic nitrogens is 1. The zero-order valence-corrected chi connectivity index (χ0v) is 18.5. The smallest absolute Gasteiger partial charge is 0.259 e. The maximum absolute atomic E-state index is 14.3. The summed E-state index contributed by atoms with van der Waals surface area (Å²) in [6, 6.07) is 18.9. The molecule has 2 aliphatic rings. The van der Waals surface area contributed by atoms with Gasteiger partial charge in [-0.1, -0.05) is 48.0 Å². The van der Waals surface area contributed by atoms with Crippen LogP contribution in [0.25, 0.3) is 0 Å². The Labute approximate surface area is 190 Å². The summed E-state index contributed by atoms with van der Waals surface area (Å²) in [4.78, 5) is 29.5. The SMILES string of the molecule is Cc1ccc(CN2C(=O)C3(C(C#N)=C(N)Oc4cc(C)n(C)c(=O)c43)c3ccccc32)cc1. The number of benzene rings is 2. The Morgan fingerprint density at radius 3 is 2.48 bits per heavy atom. The molecular formula is C26H22N4O3. The van der Waals surface area contributed by atoms with Gasteiger partial charge in [-0.15, -0.1) is 0 Å². The number of carbonyl (C=O) groups is 1. The molecule has 2 N–H and O–H groups in total. The molecule has 5 rings (SSSR count). The van der Waals surface area contributed by atoms with E-state index in [1.165, 1.54) is 4.57 Å². The van der Waals surface area contributed by atoms with Crippen molar-refractivity contribution >= 4 is 11.6 Å². The van der Waals surface area contributed by atoms with Crippen LogP contribution in [0.5, 0.6) is 5.75 Å². The summed E-state index contributed by atoms with van der Waals surface area (Å²) in [5.41, 5.74) is 8.05. The molecule has 1 spiro atoms. The van der Waals surface area contributed by atoms with E-state index >= 15 is 0 Å². The monoisotopic (exact) mass is 438 g/mol. The van der Waals surface area contributed by atoms with Crippen molar-refractivity contribution in [2.45, 2.75) is 25.8 Å². The van der Waals surface area contributed by atoms with Crippen LogP contribution in [0.15, 0.2) is 70.8 Å². The molecule has 3 heterocycles. The number of hydrogen-bond donors (Lipinski definition) is 1. The molecular weight excluding hydrogens is 416 g/mol. The van der Waals surface area contributed by atoms with E-state index in [1.54, 1.807) is 37.1 Å². The molecule has 3 aromatic rings. The van der Waals surface area contributed by atoms with Crippen molar-refractivity contribution in [3.05, 3.63) is 104 Å². The van der Waals surface area contributed by atoms with E-state index in [4.69, 9.17) is 10.5 Å². The average Bonchev–Trinajstić information content (AvgIpc) is 3.03. The lowest BCUT2D eigenvalue weighted by Crippen LogP contribution is -2.49. The summed E-state index contributed by atoms with van der Waals surface area (Å²) in [5, 5.41) is 10.1. The number of fused-ring (bicyclic) bond motifs is 4. The minimum atomic E-state index is -1.67. The van der Waals surface area contributed by atoms with Crippen LogP contribution in [0.1, 0.15) is 27.9 Å². The Hall–Kier alpha value is -4.31. The third-order valence-corrected chi connectivity index (χ3v) is 6.59. The molecule has 1 atom stereocenters. The number of anilines is 1. The Kier molecular flexibility index (Phi) is 4.43. The van der Waals surface area contributed by atoms with Gasteiger partial charge in [0.15, 0.2) is 5.41 Å². The number of pyridine rings is 1. The fourth-order valence-corrected chi connectivity index (χ4v) is 4.81. The molecule has 0 fully saturated rings. The van der Waals surface area contributed by atoms with Crippen LogP contribution in [-0.2, 0) is 23.8 Å². The maximum Gasteiger partial charge on any atom is 0.259 e. The number of nitriles is 1. The van der Waals surface area contributed by atoms with Crippen LogP contribution in [0, 0.1) is 25.2 Å². The van der Waals surface area contributed by atoms with Crippen molar-refractivity contribution in [1.29, 1.82) is 5.26 Å². The maximum atomic E-state index is 14.3. The highest BCUT2D eigenvalue weighted by Gasteiger charge is 2.60. The van der Waals surface area contributed by atoms with Crippen LogP contribution < -0.4 is 20.9 Å². The second-order valence-corrected chi connectivity index (χ2v) is 8.49. The predicted octanol–water partition coefficient (Wildman–Crippen LogP) is 2.92. The molecule has 1 amide bonds. The van der Waals surface area contributed by atoms with Gasteiger partial charge in [-0.25, -0.2) is 0 Å². The molecule has 7 nitrogen and oxygen atoms in total. The van der Waals surface area contributed by atoms with Crippen LogP contribution in [0.2, 0.25) is 0 Å². The minimum Gasteiger partial charge on any atom is -0.440 e. The van der Waals surface area contributed by atoms with Gasteiger partial charge in [0.2, 0.25) is 11.8 Å². The molecule has 2 aromatic carbocycles. The van der Waals surface area contributed by atoms with Gasteiger partial charge in [-0.3, -0.25) is 9.59 Å². The number of nitrogens with zero attached hydrogens (tertiary/aromatic N) is 3. The third-order valence-electron chi connectivity index (χ3n) is 6.59. The Morgan fingerprint density at radius 1 is 1.09 bits per heavy atom. The first-order chi connectivity index (χ1) is 15.8. The zero-order valence-electron chi connectivity index (χ0n) is 18.5. The number of para-hydroxylation sites is 1.